The van der Waals surface area contributed by atoms with Crippen LogP contribution < -0.4 is 5.32 Å². The first-order chi connectivity index (χ1) is 4.29. The summed E-state index contributed by atoms with van der Waals surface area (Å²) in [6.07, 6.45) is 3.06. The van der Waals surface area contributed by atoms with Crippen molar-refractivity contribution in [3.05, 3.63) is 0 Å². The maximum absolute atomic E-state index is 10.8. The number of rotatable bonds is 0. The van der Waals surface area contributed by atoms with Crippen molar-refractivity contribution in [1.82, 2.24) is 5.32 Å². The van der Waals surface area contributed by atoms with E-state index in [1.807, 2.05) is 0 Å². The first kappa shape index (κ1) is 9.47. The van der Waals surface area contributed by atoms with Gasteiger partial charge in [0.15, 0.2) is 0 Å². The van der Waals surface area contributed by atoms with E-state index >= 15 is 0 Å². The van der Waals surface area contributed by atoms with Gasteiger partial charge in [0.05, 0.1) is 0 Å². The molecule has 1 aliphatic rings. The van der Waals surface area contributed by atoms with Crippen LogP contribution in [0.2, 0.25) is 0 Å². The molecule has 0 aromatic heterocycles. The number of carbonyl (C=O) groups excluding carboxylic acids is 1. The quantitative estimate of drug-likeness (QED) is 0.547. The van der Waals surface area contributed by atoms with Crippen molar-refractivity contribution in [2.45, 2.75) is 33.6 Å². The van der Waals surface area contributed by atoms with Crippen molar-refractivity contribution in [1.29, 1.82) is 0 Å². The van der Waals surface area contributed by atoms with Crippen molar-refractivity contribution in [2.24, 2.45) is 5.92 Å². The molecule has 1 saturated heterocycles. The van der Waals surface area contributed by atoms with Crippen LogP contribution in [-0.2, 0) is 4.79 Å². The van der Waals surface area contributed by atoms with Gasteiger partial charge in [-0.25, -0.2) is 0 Å². The molecule has 0 aromatic rings. The second kappa shape index (κ2) is 4.31. The summed E-state index contributed by atoms with van der Waals surface area (Å²) in [5.41, 5.74) is 0. The van der Waals surface area contributed by atoms with Crippen molar-refractivity contribution >= 4 is 5.91 Å². The monoisotopic (exact) mass is 143 g/mol. The van der Waals surface area contributed by atoms with Crippen LogP contribution in [0.3, 0.4) is 0 Å². The molecule has 0 aromatic carbocycles. The zero-order chi connectivity index (χ0) is 6.69. The molecule has 10 heavy (non-hydrogen) atoms. The van der Waals surface area contributed by atoms with E-state index in [9.17, 15) is 4.79 Å². The highest BCUT2D eigenvalue weighted by Crippen LogP contribution is 2.11. The smallest absolute Gasteiger partial charge is 0.220 e. The summed E-state index contributed by atoms with van der Waals surface area (Å²) in [4.78, 5) is 10.8. The third-order valence-electron chi connectivity index (χ3n) is 1.73. The summed E-state index contributed by atoms with van der Waals surface area (Å²) in [5.74, 6) is 0.813. The van der Waals surface area contributed by atoms with Gasteiger partial charge in [-0.05, 0) is 18.8 Å². The highest BCUT2D eigenvalue weighted by molar-refractivity contribution is 5.76. The largest absolute Gasteiger partial charge is 0.356 e. The van der Waals surface area contributed by atoms with Crippen LogP contribution in [0.4, 0.5) is 0 Å². The van der Waals surface area contributed by atoms with Crippen molar-refractivity contribution in [2.75, 3.05) is 6.54 Å². The predicted molar refractivity (Wildman–Crippen MR) is 42.8 cm³/mol. The summed E-state index contributed by atoms with van der Waals surface area (Å²) in [6.45, 7) is 3.01. The topological polar surface area (TPSA) is 29.1 Å². The van der Waals surface area contributed by atoms with Crippen LogP contribution >= 0.6 is 0 Å². The average Bonchev–Trinajstić information content (AvgIpc) is 1.93. The second-order valence-corrected chi connectivity index (χ2v) is 2.80. The molecule has 0 spiro atoms. The van der Waals surface area contributed by atoms with Crippen molar-refractivity contribution in [3.8, 4) is 0 Å². The highest BCUT2D eigenvalue weighted by atomic mass is 16.1. The molecule has 1 atom stereocenters. The Balaban J connectivity index is 0.000000810. The number of nitrogens with one attached hydrogen (secondary N) is 1. The van der Waals surface area contributed by atoms with E-state index in [0.717, 1.165) is 19.4 Å². The van der Waals surface area contributed by atoms with E-state index < -0.39 is 0 Å². The Morgan fingerprint density at radius 2 is 2.30 bits per heavy atom. The Kier molecular flexibility index (Phi) is 4.08. The number of carbonyl (C=O) groups is 1. The molecule has 1 heterocycles. The Bertz CT molecular complexity index is 112. The van der Waals surface area contributed by atoms with Crippen molar-refractivity contribution in [3.63, 3.8) is 0 Å². The molecule has 0 aliphatic carbocycles. The fourth-order valence-electron chi connectivity index (χ4n) is 1.17. The fourth-order valence-corrected chi connectivity index (χ4v) is 1.17. The summed E-state index contributed by atoms with van der Waals surface area (Å²) >= 11 is 0. The summed E-state index contributed by atoms with van der Waals surface area (Å²) < 4.78 is 0. The molecular weight excluding hydrogens is 126 g/mol. The van der Waals surface area contributed by atoms with Gasteiger partial charge in [0.25, 0.3) is 0 Å². The van der Waals surface area contributed by atoms with E-state index in [1.54, 1.807) is 0 Å². The number of hydrogen-bond acceptors (Lipinski definition) is 1. The van der Waals surface area contributed by atoms with E-state index in [-0.39, 0.29) is 13.3 Å². The standard InChI is InChI=1S/C7H13NO.CH4/c1-6-3-2-4-8-7(9)5-6;/h6H,2-5H2,1H3,(H,8,9);1H4. The highest BCUT2D eigenvalue weighted by Gasteiger charge is 2.11. The van der Waals surface area contributed by atoms with Crippen LogP contribution in [0.25, 0.3) is 0 Å². The maximum Gasteiger partial charge on any atom is 0.220 e. The van der Waals surface area contributed by atoms with E-state index in [1.165, 1.54) is 6.42 Å². The van der Waals surface area contributed by atoms with Crippen LogP contribution in [0.15, 0.2) is 0 Å². The molecule has 1 unspecified atom stereocenters. The summed E-state index contributed by atoms with van der Waals surface area (Å²) in [5, 5.41) is 2.84. The first-order valence-corrected chi connectivity index (χ1v) is 3.56. The van der Waals surface area contributed by atoms with Gasteiger partial charge < -0.3 is 5.32 Å². The zero-order valence-electron chi connectivity index (χ0n) is 5.81. The molecule has 1 rings (SSSR count). The van der Waals surface area contributed by atoms with Crippen molar-refractivity contribution < 1.29 is 4.79 Å². The SMILES string of the molecule is C.CC1CCCNC(=O)C1. The lowest BCUT2D eigenvalue weighted by Gasteiger charge is -2.01. The molecule has 1 fully saturated rings. The Morgan fingerprint density at radius 1 is 1.60 bits per heavy atom. The lowest BCUT2D eigenvalue weighted by atomic mass is 10.0. The molecule has 1 amide bonds. The van der Waals surface area contributed by atoms with E-state index in [2.05, 4.69) is 12.2 Å². The van der Waals surface area contributed by atoms with E-state index in [4.69, 9.17) is 0 Å². The van der Waals surface area contributed by atoms with Gasteiger partial charge in [0, 0.05) is 13.0 Å². The number of hydrogen-bond donors (Lipinski definition) is 1. The lowest BCUT2D eigenvalue weighted by molar-refractivity contribution is -0.121. The normalized spacial score (nSPS) is 26.1. The molecule has 0 saturated carbocycles. The van der Waals surface area contributed by atoms with Crippen LogP contribution in [0, 0.1) is 5.92 Å². The molecule has 1 N–H and O–H groups in total. The van der Waals surface area contributed by atoms with Gasteiger partial charge in [0.2, 0.25) is 5.91 Å². The third kappa shape index (κ3) is 2.85. The minimum Gasteiger partial charge on any atom is -0.356 e. The maximum atomic E-state index is 10.8. The Hall–Kier alpha value is -0.530. The van der Waals surface area contributed by atoms with Crippen LogP contribution in [-0.4, -0.2) is 12.5 Å². The minimum absolute atomic E-state index is 0. The summed E-state index contributed by atoms with van der Waals surface area (Å²) in [6, 6.07) is 0. The van der Waals surface area contributed by atoms with Gasteiger partial charge >= 0.3 is 0 Å². The molecule has 0 bridgehead atoms. The van der Waals surface area contributed by atoms with Gasteiger partial charge in [-0.15, -0.1) is 0 Å². The minimum atomic E-state index is 0. The lowest BCUT2D eigenvalue weighted by Crippen LogP contribution is -2.21. The van der Waals surface area contributed by atoms with Crippen LogP contribution in [0.5, 0.6) is 0 Å². The van der Waals surface area contributed by atoms with Crippen LogP contribution in [0.1, 0.15) is 33.6 Å². The predicted octanol–water partition coefficient (Wildman–Crippen LogP) is 1.56. The third-order valence-corrected chi connectivity index (χ3v) is 1.73. The summed E-state index contributed by atoms with van der Waals surface area (Å²) in [7, 11) is 0. The van der Waals surface area contributed by atoms with Gasteiger partial charge in [-0.1, -0.05) is 14.4 Å². The zero-order valence-corrected chi connectivity index (χ0v) is 5.81. The molecule has 60 valence electrons. The molecule has 2 nitrogen and oxygen atoms in total. The van der Waals surface area contributed by atoms with Gasteiger partial charge in [-0.3, -0.25) is 4.79 Å². The Morgan fingerprint density at radius 3 is 3.00 bits per heavy atom. The molecule has 2 heteroatoms. The molecular formula is C8H17NO. The first-order valence-electron chi connectivity index (χ1n) is 3.56. The van der Waals surface area contributed by atoms with Gasteiger partial charge in [0.1, 0.15) is 0 Å². The Labute approximate surface area is 63.0 Å². The van der Waals surface area contributed by atoms with E-state index in [0.29, 0.717) is 5.92 Å². The van der Waals surface area contributed by atoms with Gasteiger partial charge in [-0.2, -0.15) is 0 Å². The molecule has 1 aliphatic heterocycles. The molecule has 0 radical (unpaired) electrons. The second-order valence-electron chi connectivity index (χ2n) is 2.80. The fraction of sp³-hybridized carbons (Fsp3) is 0.875. The number of amides is 1. The average molecular weight is 143 g/mol.